The zero-order valence-corrected chi connectivity index (χ0v) is 13.8. The van der Waals surface area contributed by atoms with E-state index in [0.29, 0.717) is 10.0 Å². The average Bonchev–Trinajstić information content (AvgIpc) is 2.49. The van der Waals surface area contributed by atoms with Crippen LogP contribution in [-0.2, 0) is 0 Å². The number of non-ortho nitro benzene ring substituents is 1. The molecule has 0 aliphatic rings. The highest BCUT2D eigenvalue weighted by Gasteiger charge is 2.13. The summed E-state index contributed by atoms with van der Waals surface area (Å²) in [5, 5.41) is 15.3. The number of nitrogens with one attached hydrogen (secondary N) is 2. The third kappa shape index (κ3) is 4.54. The summed E-state index contributed by atoms with van der Waals surface area (Å²) in [6.45, 7) is 0. The Labute approximate surface area is 144 Å². The van der Waals surface area contributed by atoms with Crippen molar-refractivity contribution in [3.63, 3.8) is 0 Å². The van der Waals surface area contributed by atoms with E-state index < -0.39 is 16.6 Å². The van der Waals surface area contributed by atoms with Crippen molar-refractivity contribution in [2.75, 3.05) is 5.32 Å². The molecule has 118 valence electrons. The number of carbonyl (C=O) groups is 1. The van der Waals surface area contributed by atoms with E-state index in [0.717, 1.165) is 18.2 Å². The van der Waals surface area contributed by atoms with Gasteiger partial charge in [0.1, 0.15) is 5.82 Å². The van der Waals surface area contributed by atoms with E-state index in [1.54, 1.807) is 24.3 Å². The predicted molar refractivity (Wildman–Crippen MR) is 90.9 cm³/mol. The normalized spacial score (nSPS) is 10.0. The maximum Gasteiger partial charge on any atom is 0.271 e. The van der Waals surface area contributed by atoms with Crippen molar-refractivity contribution < 1.29 is 14.1 Å². The van der Waals surface area contributed by atoms with Crippen LogP contribution >= 0.6 is 28.1 Å². The molecule has 23 heavy (non-hydrogen) atoms. The zero-order chi connectivity index (χ0) is 17.0. The fourth-order valence-corrected chi connectivity index (χ4v) is 2.28. The van der Waals surface area contributed by atoms with Gasteiger partial charge in [0, 0.05) is 22.2 Å². The molecule has 9 heteroatoms. The quantitative estimate of drug-likeness (QED) is 0.469. The molecule has 0 unspecified atom stereocenters. The predicted octanol–water partition coefficient (Wildman–Crippen LogP) is 3.62. The standard InChI is InChI=1S/C14H9BrFN3O3S/c15-9-3-1-2-8(6-9)13(20)18-14(23)17-12-7-10(19(21)22)4-5-11(12)16/h1-7H,(H2,17,18,20,23). The molecule has 0 radical (unpaired) electrons. The molecule has 0 fully saturated rings. The Kier molecular flexibility index (Phi) is 5.35. The molecule has 0 saturated heterocycles. The summed E-state index contributed by atoms with van der Waals surface area (Å²) in [7, 11) is 0. The molecular weight excluding hydrogens is 389 g/mol. The molecule has 0 heterocycles. The maximum absolute atomic E-state index is 13.6. The Balaban J connectivity index is 2.09. The molecule has 2 aromatic rings. The summed E-state index contributed by atoms with van der Waals surface area (Å²) >= 11 is 8.16. The lowest BCUT2D eigenvalue weighted by molar-refractivity contribution is -0.384. The SMILES string of the molecule is O=C(NC(=S)Nc1cc([N+](=O)[O-])ccc1F)c1cccc(Br)c1. The van der Waals surface area contributed by atoms with E-state index in [1.165, 1.54) is 0 Å². The second kappa shape index (κ2) is 7.25. The van der Waals surface area contributed by atoms with Crippen LogP contribution in [0.2, 0.25) is 0 Å². The van der Waals surface area contributed by atoms with Crippen molar-refractivity contribution in [3.05, 3.63) is 68.4 Å². The van der Waals surface area contributed by atoms with Gasteiger partial charge in [-0.2, -0.15) is 0 Å². The number of nitrogens with zero attached hydrogens (tertiary/aromatic N) is 1. The minimum absolute atomic E-state index is 0.172. The van der Waals surface area contributed by atoms with Gasteiger partial charge < -0.3 is 5.32 Å². The molecule has 2 aromatic carbocycles. The fourth-order valence-electron chi connectivity index (χ4n) is 1.68. The van der Waals surface area contributed by atoms with E-state index in [1.807, 2.05) is 0 Å². The van der Waals surface area contributed by atoms with Crippen LogP contribution < -0.4 is 10.6 Å². The second-order valence-electron chi connectivity index (χ2n) is 4.34. The number of hydrogen-bond acceptors (Lipinski definition) is 4. The average molecular weight is 398 g/mol. The summed E-state index contributed by atoms with van der Waals surface area (Å²) in [6.07, 6.45) is 0. The number of halogens is 2. The maximum atomic E-state index is 13.6. The monoisotopic (exact) mass is 397 g/mol. The molecule has 1 amide bonds. The first-order chi connectivity index (χ1) is 10.9. The van der Waals surface area contributed by atoms with Crippen LogP contribution in [0, 0.1) is 15.9 Å². The van der Waals surface area contributed by atoms with Crippen molar-refractivity contribution in [3.8, 4) is 0 Å². The van der Waals surface area contributed by atoms with Gasteiger partial charge in [0.25, 0.3) is 11.6 Å². The number of hydrogen-bond donors (Lipinski definition) is 2. The Morgan fingerprint density at radius 2 is 2.00 bits per heavy atom. The lowest BCUT2D eigenvalue weighted by Gasteiger charge is -2.10. The molecular formula is C14H9BrFN3O3S. The van der Waals surface area contributed by atoms with Crippen molar-refractivity contribution in [1.29, 1.82) is 0 Å². The first kappa shape index (κ1) is 17.0. The van der Waals surface area contributed by atoms with Crippen LogP contribution in [0.3, 0.4) is 0 Å². The molecule has 0 bridgehead atoms. The Morgan fingerprint density at radius 1 is 1.26 bits per heavy atom. The molecule has 0 aliphatic carbocycles. The third-order valence-electron chi connectivity index (χ3n) is 2.72. The Morgan fingerprint density at radius 3 is 2.65 bits per heavy atom. The third-order valence-corrected chi connectivity index (χ3v) is 3.42. The van der Waals surface area contributed by atoms with Crippen LogP contribution in [0.25, 0.3) is 0 Å². The Hall–Kier alpha value is -2.39. The zero-order valence-electron chi connectivity index (χ0n) is 11.4. The topological polar surface area (TPSA) is 84.3 Å². The number of nitro groups is 1. The first-order valence-corrected chi connectivity index (χ1v) is 7.39. The van der Waals surface area contributed by atoms with E-state index >= 15 is 0 Å². The number of benzene rings is 2. The van der Waals surface area contributed by atoms with Gasteiger partial charge in [-0.15, -0.1) is 0 Å². The smallest absolute Gasteiger partial charge is 0.271 e. The number of thiocarbonyl (C=S) groups is 1. The number of anilines is 1. The summed E-state index contributed by atoms with van der Waals surface area (Å²) in [6, 6.07) is 9.57. The van der Waals surface area contributed by atoms with Gasteiger partial charge in [-0.3, -0.25) is 20.2 Å². The van der Waals surface area contributed by atoms with Crippen LogP contribution in [0.4, 0.5) is 15.8 Å². The molecule has 0 aromatic heterocycles. The number of carbonyl (C=O) groups excluding carboxylic acids is 1. The fraction of sp³-hybridized carbons (Fsp3) is 0. The second-order valence-corrected chi connectivity index (χ2v) is 5.66. The van der Waals surface area contributed by atoms with Gasteiger partial charge in [0.2, 0.25) is 0 Å². The molecule has 2 rings (SSSR count). The van der Waals surface area contributed by atoms with Crippen LogP contribution in [-0.4, -0.2) is 15.9 Å². The number of nitro benzene ring substituents is 1. The van der Waals surface area contributed by atoms with E-state index in [4.69, 9.17) is 12.2 Å². The summed E-state index contributed by atoms with van der Waals surface area (Å²) in [4.78, 5) is 22.0. The van der Waals surface area contributed by atoms with Gasteiger partial charge in [-0.05, 0) is 36.5 Å². The summed E-state index contributed by atoms with van der Waals surface area (Å²) in [5.41, 5.74) is -0.142. The van der Waals surface area contributed by atoms with Gasteiger partial charge in [-0.25, -0.2) is 4.39 Å². The summed E-state index contributed by atoms with van der Waals surface area (Å²) in [5.74, 6) is -1.22. The van der Waals surface area contributed by atoms with Gasteiger partial charge >= 0.3 is 0 Å². The Bertz CT molecular complexity index is 801. The van der Waals surface area contributed by atoms with E-state index in [-0.39, 0.29) is 16.5 Å². The van der Waals surface area contributed by atoms with Crippen LogP contribution in [0.1, 0.15) is 10.4 Å². The van der Waals surface area contributed by atoms with Gasteiger partial charge in [0.15, 0.2) is 5.11 Å². The van der Waals surface area contributed by atoms with Crippen molar-refractivity contribution in [2.24, 2.45) is 0 Å². The summed E-state index contributed by atoms with van der Waals surface area (Å²) < 4.78 is 14.4. The van der Waals surface area contributed by atoms with Crippen molar-refractivity contribution in [1.82, 2.24) is 5.32 Å². The lowest BCUT2D eigenvalue weighted by Crippen LogP contribution is -2.34. The molecule has 0 spiro atoms. The molecule has 0 saturated carbocycles. The van der Waals surface area contributed by atoms with Crippen LogP contribution in [0.5, 0.6) is 0 Å². The highest BCUT2D eigenvalue weighted by atomic mass is 79.9. The molecule has 6 nitrogen and oxygen atoms in total. The van der Waals surface area contributed by atoms with Crippen LogP contribution in [0.15, 0.2) is 46.9 Å². The van der Waals surface area contributed by atoms with Gasteiger partial charge in [-0.1, -0.05) is 22.0 Å². The van der Waals surface area contributed by atoms with Crippen molar-refractivity contribution in [2.45, 2.75) is 0 Å². The number of rotatable bonds is 3. The lowest BCUT2D eigenvalue weighted by atomic mass is 10.2. The number of amides is 1. The van der Waals surface area contributed by atoms with E-state index in [9.17, 15) is 19.3 Å². The molecule has 0 atom stereocenters. The molecule has 0 aliphatic heterocycles. The highest BCUT2D eigenvalue weighted by Crippen LogP contribution is 2.21. The largest absolute Gasteiger partial charge is 0.330 e. The first-order valence-electron chi connectivity index (χ1n) is 6.18. The van der Waals surface area contributed by atoms with Crippen molar-refractivity contribution >= 4 is 50.5 Å². The molecule has 2 N–H and O–H groups in total. The van der Waals surface area contributed by atoms with Gasteiger partial charge in [0.05, 0.1) is 10.6 Å². The minimum Gasteiger partial charge on any atom is -0.330 e. The minimum atomic E-state index is -0.727. The highest BCUT2D eigenvalue weighted by molar-refractivity contribution is 9.10. The van der Waals surface area contributed by atoms with E-state index in [2.05, 4.69) is 26.6 Å².